The molecule has 1 saturated heterocycles. The second kappa shape index (κ2) is 6.29. The summed E-state index contributed by atoms with van der Waals surface area (Å²) in [5, 5.41) is 6.35. The predicted octanol–water partition coefficient (Wildman–Crippen LogP) is 1.52. The number of methoxy groups -OCH3 is 1. The standard InChI is InChI=1S/C17H24N4O2/c1-12(15-20-13-6-4-5-7-14(13)21(15)2)19-16(22)17(23-3)8-10-18-11-9-17/h4-7,12,18H,8-11H2,1-3H3,(H,19,22). The number of imidazole rings is 1. The molecule has 1 atom stereocenters. The number of amides is 1. The third kappa shape index (κ3) is 2.84. The van der Waals surface area contributed by atoms with Gasteiger partial charge in [-0.25, -0.2) is 4.98 Å². The maximum Gasteiger partial charge on any atom is 0.252 e. The van der Waals surface area contributed by atoms with Gasteiger partial charge in [0.1, 0.15) is 11.4 Å². The summed E-state index contributed by atoms with van der Waals surface area (Å²) in [6.07, 6.45) is 1.37. The number of piperidine rings is 1. The fourth-order valence-corrected chi connectivity index (χ4v) is 3.30. The fraction of sp³-hybridized carbons (Fsp3) is 0.529. The minimum absolute atomic E-state index is 0.0546. The van der Waals surface area contributed by atoms with Crippen LogP contribution in [0.2, 0.25) is 0 Å². The number of aromatic nitrogens is 2. The summed E-state index contributed by atoms with van der Waals surface area (Å²) in [4.78, 5) is 17.4. The Morgan fingerprint density at radius 2 is 2.09 bits per heavy atom. The van der Waals surface area contributed by atoms with Gasteiger partial charge in [0, 0.05) is 14.2 Å². The van der Waals surface area contributed by atoms with Crippen LogP contribution >= 0.6 is 0 Å². The van der Waals surface area contributed by atoms with Crippen LogP contribution in [0, 0.1) is 0 Å². The van der Waals surface area contributed by atoms with Crippen LogP contribution in [0.15, 0.2) is 24.3 Å². The lowest BCUT2D eigenvalue weighted by Gasteiger charge is -2.35. The van der Waals surface area contributed by atoms with Crippen LogP contribution in [0.25, 0.3) is 11.0 Å². The molecule has 0 spiro atoms. The molecule has 2 N–H and O–H groups in total. The summed E-state index contributed by atoms with van der Waals surface area (Å²) in [5.41, 5.74) is 1.27. The SMILES string of the molecule is COC1(C(=O)NC(C)c2nc3ccccc3n2C)CCNCC1. The molecule has 1 aromatic carbocycles. The zero-order chi connectivity index (χ0) is 16.4. The van der Waals surface area contributed by atoms with Gasteiger partial charge in [0.05, 0.1) is 17.1 Å². The number of carbonyl (C=O) groups is 1. The molecule has 23 heavy (non-hydrogen) atoms. The average Bonchev–Trinajstić information content (AvgIpc) is 2.93. The number of para-hydroxylation sites is 2. The van der Waals surface area contributed by atoms with Gasteiger partial charge in [0.15, 0.2) is 0 Å². The van der Waals surface area contributed by atoms with Gasteiger partial charge in [-0.05, 0) is 45.0 Å². The molecule has 1 aliphatic heterocycles. The Hall–Kier alpha value is -1.92. The van der Waals surface area contributed by atoms with Gasteiger partial charge in [0.25, 0.3) is 5.91 Å². The molecule has 1 aliphatic rings. The summed E-state index contributed by atoms with van der Waals surface area (Å²) < 4.78 is 7.62. The molecule has 1 fully saturated rings. The van der Waals surface area contributed by atoms with Crippen molar-refractivity contribution in [3.8, 4) is 0 Å². The van der Waals surface area contributed by atoms with Crippen molar-refractivity contribution < 1.29 is 9.53 Å². The minimum atomic E-state index is -0.732. The molecule has 3 rings (SSSR count). The van der Waals surface area contributed by atoms with Crippen LogP contribution in [0.4, 0.5) is 0 Å². The molecule has 0 bridgehead atoms. The van der Waals surface area contributed by atoms with E-state index in [1.807, 2.05) is 42.8 Å². The first-order valence-corrected chi connectivity index (χ1v) is 8.05. The van der Waals surface area contributed by atoms with Crippen LogP contribution in [0.1, 0.15) is 31.6 Å². The lowest BCUT2D eigenvalue weighted by molar-refractivity contribution is -0.147. The summed E-state index contributed by atoms with van der Waals surface area (Å²) in [7, 11) is 3.59. The van der Waals surface area contributed by atoms with E-state index in [1.165, 1.54) is 0 Å². The number of fused-ring (bicyclic) bond motifs is 1. The van der Waals surface area contributed by atoms with Crippen LogP contribution in [0.3, 0.4) is 0 Å². The van der Waals surface area contributed by atoms with E-state index in [1.54, 1.807) is 7.11 Å². The maximum absolute atomic E-state index is 12.8. The summed E-state index contributed by atoms with van der Waals surface area (Å²) in [5.74, 6) is 0.792. The van der Waals surface area contributed by atoms with Crippen molar-refractivity contribution in [2.24, 2.45) is 7.05 Å². The molecule has 0 radical (unpaired) electrons. The molecule has 6 nitrogen and oxygen atoms in total. The van der Waals surface area contributed by atoms with Gasteiger partial charge in [-0.1, -0.05) is 12.1 Å². The Labute approximate surface area is 136 Å². The first-order chi connectivity index (χ1) is 11.1. The highest BCUT2D eigenvalue weighted by Crippen LogP contribution is 2.25. The van der Waals surface area contributed by atoms with Crippen LogP contribution < -0.4 is 10.6 Å². The third-order valence-electron chi connectivity index (χ3n) is 4.77. The minimum Gasteiger partial charge on any atom is -0.368 e. The molecule has 124 valence electrons. The van der Waals surface area contributed by atoms with E-state index in [9.17, 15) is 4.79 Å². The second-order valence-corrected chi connectivity index (χ2v) is 6.16. The largest absolute Gasteiger partial charge is 0.368 e. The molecule has 2 heterocycles. The average molecular weight is 316 g/mol. The van der Waals surface area contributed by atoms with Crippen LogP contribution in [-0.2, 0) is 16.6 Å². The van der Waals surface area contributed by atoms with Crippen LogP contribution in [-0.4, -0.2) is 41.3 Å². The summed E-state index contributed by atoms with van der Waals surface area (Å²) >= 11 is 0. The second-order valence-electron chi connectivity index (χ2n) is 6.16. The van der Waals surface area contributed by atoms with E-state index in [4.69, 9.17) is 4.74 Å². The molecule has 2 aromatic rings. The van der Waals surface area contributed by atoms with Crippen molar-refractivity contribution in [3.05, 3.63) is 30.1 Å². The van der Waals surface area contributed by atoms with Crippen molar-refractivity contribution in [1.29, 1.82) is 0 Å². The molecule has 1 amide bonds. The fourth-order valence-electron chi connectivity index (χ4n) is 3.30. The highest BCUT2D eigenvalue weighted by atomic mass is 16.5. The number of aryl methyl sites for hydroxylation is 1. The Morgan fingerprint density at radius 1 is 1.39 bits per heavy atom. The van der Waals surface area contributed by atoms with E-state index < -0.39 is 5.60 Å². The smallest absolute Gasteiger partial charge is 0.252 e. The molecule has 0 aliphatic carbocycles. The number of carbonyl (C=O) groups excluding carboxylic acids is 1. The van der Waals surface area contributed by atoms with Gasteiger partial charge in [-0.2, -0.15) is 0 Å². The number of rotatable bonds is 4. The Balaban J connectivity index is 1.81. The number of nitrogens with zero attached hydrogens (tertiary/aromatic N) is 2. The van der Waals surface area contributed by atoms with Gasteiger partial charge < -0.3 is 19.9 Å². The Morgan fingerprint density at radius 3 is 2.74 bits per heavy atom. The van der Waals surface area contributed by atoms with E-state index in [-0.39, 0.29) is 11.9 Å². The number of benzene rings is 1. The first-order valence-electron chi connectivity index (χ1n) is 8.05. The van der Waals surface area contributed by atoms with Gasteiger partial charge >= 0.3 is 0 Å². The number of ether oxygens (including phenoxy) is 1. The summed E-state index contributed by atoms with van der Waals surface area (Å²) in [6, 6.07) is 7.80. The topological polar surface area (TPSA) is 68.2 Å². The van der Waals surface area contributed by atoms with Crippen molar-refractivity contribution in [2.45, 2.75) is 31.4 Å². The highest BCUT2D eigenvalue weighted by Gasteiger charge is 2.40. The normalized spacial score (nSPS) is 18.7. The van der Waals surface area contributed by atoms with Crippen molar-refractivity contribution >= 4 is 16.9 Å². The molecule has 6 heteroatoms. The molecule has 0 saturated carbocycles. The molecular weight excluding hydrogens is 292 g/mol. The third-order valence-corrected chi connectivity index (χ3v) is 4.77. The van der Waals surface area contributed by atoms with Crippen molar-refractivity contribution in [2.75, 3.05) is 20.2 Å². The first kappa shape index (κ1) is 16.0. The van der Waals surface area contributed by atoms with Gasteiger partial charge in [-0.15, -0.1) is 0 Å². The number of hydrogen-bond donors (Lipinski definition) is 2. The molecular formula is C17H24N4O2. The zero-order valence-corrected chi connectivity index (χ0v) is 13.9. The number of nitrogens with one attached hydrogen (secondary N) is 2. The van der Waals surface area contributed by atoms with E-state index in [0.29, 0.717) is 12.8 Å². The predicted molar refractivity (Wildman–Crippen MR) is 89.1 cm³/mol. The van der Waals surface area contributed by atoms with E-state index in [2.05, 4.69) is 15.6 Å². The summed E-state index contributed by atoms with van der Waals surface area (Å²) in [6.45, 7) is 3.55. The van der Waals surface area contributed by atoms with Gasteiger partial charge in [0.2, 0.25) is 0 Å². The zero-order valence-electron chi connectivity index (χ0n) is 13.9. The van der Waals surface area contributed by atoms with E-state index >= 15 is 0 Å². The van der Waals surface area contributed by atoms with Crippen molar-refractivity contribution in [3.63, 3.8) is 0 Å². The van der Waals surface area contributed by atoms with Gasteiger partial charge in [-0.3, -0.25) is 4.79 Å². The van der Waals surface area contributed by atoms with Crippen LogP contribution in [0.5, 0.6) is 0 Å². The Kier molecular flexibility index (Phi) is 4.37. The quantitative estimate of drug-likeness (QED) is 0.897. The lowest BCUT2D eigenvalue weighted by Crippen LogP contribution is -2.54. The lowest BCUT2D eigenvalue weighted by atomic mass is 9.91. The molecule has 1 unspecified atom stereocenters. The van der Waals surface area contributed by atoms with E-state index in [0.717, 1.165) is 29.9 Å². The van der Waals surface area contributed by atoms with Crippen molar-refractivity contribution in [1.82, 2.24) is 20.2 Å². The maximum atomic E-state index is 12.8. The Bertz CT molecular complexity index is 704. The molecule has 1 aromatic heterocycles. The number of hydrogen-bond acceptors (Lipinski definition) is 4. The monoisotopic (exact) mass is 316 g/mol. The highest BCUT2D eigenvalue weighted by molar-refractivity contribution is 5.86.